The Bertz CT molecular complexity index is 535. The maximum Gasteiger partial charge on any atom is 0.119 e. The largest absolute Gasteiger partial charge is 0.494 e. The van der Waals surface area contributed by atoms with Crippen LogP contribution in [0.2, 0.25) is 0 Å². The van der Waals surface area contributed by atoms with E-state index in [9.17, 15) is 0 Å². The summed E-state index contributed by atoms with van der Waals surface area (Å²) in [7, 11) is 0. The summed E-state index contributed by atoms with van der Waals surface area (Å²) in [5, 5.41) is 0. The third-order valence-corrected chi connectivity index (χ3v) is 2.86. The zero-order valence-corrected chi connectivity index (χ0v) is 12.0. The van der Waals surface area contributed by atoms with Crippen LogP contribution in [0.1, 0.15) is 37.1 Å². The predicted molar refractivity (Wildman–Crippen MR) is 81.8 cm³/mol. The molecule has 0 N–H and O–H groups in total. The molecule has 2 aromatic rings. The van der Waals surface area contributed by atoms with Crippen molar-refractivity contribution in [2.45, 2.75) is 26.7 Å². The van der Waals surface area contributed by atoms with Gasteiger partial charge in [-0.1, -0.05) is 25.3 Å². The topological polar surface area (TPSA) is 22.1 Å². The molecule has 0 radical (unpaired) electrons. The molecule has 0 bridgehead atoms. The van der Waals surface area contributed by atoms with Crippen molar-refractivity contribution in [3.63, 3.8) is 0 Å². The first-order chi connectivity index (χ1) is 9.81. The van der Waals surface area contributed by atoms with Crippen LogP contribution in [0.25, 0.3) is 0 Å². The summed E-state index contributed by atoms with van der Waals surface area (Å²) in [5.41, 5.74) is 3.03. The van der Waals surface area contributed by atoms with Crippen molar-refractivity contribution in [3.8, 4) is 17.6 Å². The quantitative estimate of drug-likeness (QED) is 0.784. The second-order valence-electron chi connectivity index (χ2n) is 4.51. The molecule has 0 aliphatic rings. The van der Waals surface area contributed by atoms with Gasteiger partial charge in [0.05, 0.1) is 6.61 Å². The highest BCUT2D eigenvalue weighted by molar-refractivity contribution is 5.42. The third-order valence-electron chi connectivity index (χ3n) is 2.86. The number of aryl methyl sites for hydroxylation is 1. The second kappa shape index (κ2) is 7.35. The zero-order valence-electron chi connectivity index (χ0n) is 12.0. The minimum atomic E-state index is 0.680. The van der Waals surface area contributed by atoms with Gasteiger partial charge in [-0.05, 0) is 55.2 Å². The van der Waals surface area contributed by atoms with Crippen molar-refractivity contribution in [2.75, 3.05) is 6.61 Å². The van der Waals surface area contributed by atoms with Crippen LogP contribution >= 0.6 is 0 Å². The summed E-state index contributed by atoms with van der Waals surface area (Å²) in [6.07, 6.45) is 4.12. The van der Waals surface area contributed by atoms with Crippen molar-refractivity contribution in [1.29, 1.82) is 0 Å². The van der Waals surface area contributed by atoms with Crippen molar-refractivity contribution in [2.24, 2.45) is 0 Å². The maximum absolute atomic E-state index is 5.40. The Balaban J connectivity index is 2.05. The van der Waals surface area contributed by atoms with Crippen molar-refractivity contribution < 1.29 is 4.74 Å². The molecule has 2 heteroatoms. The number of ether oxygens (including phenoxy) is 1. The first-order valence-corrected chi connectivity index (χ1v) is 7.01. The highest BCUT2D eigenvalue weighted by Gasteiger charge is 1.94. The van der Waals surface area contributed by atoms with Crippen LogP contribution in [0.5, 0.6) is 5.75 Å². The van der Waals surface area contributed by atoms with Gasteiger partial charge in [-0.15, -0.1) is 0 Å². The molecule has 1 aromatic heterocycles. The van der Waals surface area contributed by atoms with Gasteiger partial charge in [0.15, 0.2) is 0 Å². The fourth-order valence-electron chi connectivity index (χ4n) is 1.87. The molecule has 0 amide bonds. The van der Waals surface area contributed by atoms with E-state index in [1.807, 2.05) is 43.5 Å². The number of hydrogen-bond donors (Lipinski definition) is 0. The molecule has 0 spiro atoms. The number of pyridine rings is 1. The van der Waals surface area contributed by atoms with Gasteiger partial charge < -0.3 is 4.74 Å². The molecule has 102 valence electrons. The first-order valence-electron chi connectivity index (χ1n) is 7.01. The van der Waals surface area contributed by atoms with Crippen molar-refractivity contribution in [1.82, 2.24) is 4.98 Å². The number of hydrogen-bond acceptors (Lipinski definition) is 2. The molecule has 2 nitrogen and oxygen atoms in total. The van der Waals surface area contributed by atoms with Crippen LogP contribution in [0.4, 0.5) is 0 Å². The van der Waals surface area contributed by atoms with Gasteiger partial charge in [-0.2, -0.15) is 0 Å². The molecule has 0 saturated heterocycles. The molecule has 20 heavy (non-hydrogen) atoms. The average Bonchev–Trinajstić information content (AvgIpc) is 2.49. The molecule has 2 rings (SSSR count). The zero-order chi connectivity index (χ0) is 14.2. The smallest absolute Gasteiger partial charge is 0.119 e. The van der Waals surface area contributed by atoms with Crippen LogP contribution in [0, 0.1) is 11.8 Å². The normalized spacial score (nSPS) is 9.70. The SMILES string of the molecule is CCCc1ccc(C#Cc2ccc(OCC)cc2)nc1. The van der Waals surface area contributed by atoms with Crippen LogP contribution in [-0.2, 0) is 6.42 Å². The second-order valence-corrected chi connectivity index (χ2v) is 4.51. The Morgan fingerprint density at radius 2 is 1.80 bits per heavy atom. The molecular weight excluding hydrogens is 246 g/mol. The van der Waals surface area contributed by atoms with Crippen LogP contribution in [0.3, 0.4) is 0 Å². The van der Waals surface area contributed by atoms with Gasteiger partial charge in [-0.3, -0.25) is 0 Å². The van der Waals surface area contributed by atoms with Gasteiger partial charge in [0, 0.05) is 11.8 Å². The van der Waals surface area contributed by atoms with E-state index in [-0.39, 0.29) is 0 Å². The molecular formula is C18H19NO. The predicted octanol–water partition coefficient (Wildman–Crippen LogP) is 3.83. The highest BCUT2D eigenvalue weighted by atomic mass is 16.5. The van der Waals surface area contributed by atoms with E-state index in [4.69, 9.17) is 4.74 Å². The Hall–Kier alpha value is -2.27. The van der Waals surface area contributed by atoms with E-state index in [0.717, 1.165) is 29.8 Å². The van der Waals surface area contributed by atoms with Gasteiger partial charge in [0.25, 0.3) is 0 Å². The molecule has 0 fully saturated rings. The lowest BCUT2D eigenvalue weighted by Gasteiger charge is -2.01. The third kappa shape index (κ3) is 4.13. The van der Waals surface area contributed by atoms with E-state index in [0.29, 0.717) is 6.61 Å². The lowest BCUT2D eigenvalue weighted by Crippen LogP contribution is -1.90. The number of aromatic nitrogens is 1. The Kier molecular flexibility index (Phi) is 5.20. The number of nitrogens with zero attached hydrogens (tertiary/aromatic N) is 1. The maximum atomic E-state index is 5.40. The molecule has 0 aliphatic carbocycles. The van der Waals surface area contributed by atoms with Crippen molar-refractivity contribution >= 4 is 0 Å². The van der Waals surface area contributed by atoms with Crippen LogP contribution in [0.15, 0.2) is 42.6 Å². The van der Waals surface area contributed by atoms with E-state index in [1.165, 1.54) is 5.56 Å². The summed E-state index contributed by atoms with van der Waals surface area (Å²) in [6, 6.07) is 11.9. The van der Waals surface area contributed by atoms with Crippen LogP contribution < -0.4 is 4.74 Å². The first kappa shape index (κ1) is 14.1. The van der Waals surface area contributed by atoms with Crippen molar-refractivity contribution in [3.05, 3.63) is 59.4 Å². The minimum absolute atomic E-state index is 0.680. The lowest BCUT2D eigenvalue weighted by atomic mass is 10.1. The summed E-state index contributed by atoms with van der Waals surface area (Å²) in [5.74, 6) is 7.07. The van der Waals surface area contributed by atoms with Crippen LogP contribution in [-0.4, -0.2) is 11.6 Å². The summed E-state index contributed by atoms with van der Waals surface area (Å²) in [4.78, 5) is 4.36. The average molecular weight is 265 g/mol. The molecule has 0 atom stereocenters. The fraction of sp³-hybridized carbons (Fsp3) is 0.278. The molecule has 0 aliphatic heterocycles. The van der Waals surface area contributed by atoms with Gasteiger partial charge in [-0.25, -0.2) is 4.98 Å². The Morgan fingerprint density at radius 1 is 1.00 bits per heavy atom. The van der Waals surface area contributed by atoms with Gasteiger partial charge in [0.1, 0.15) is 11.4 Å². The molecule has 0 saturated carbocycles. The Morgan fingerprint density at radius 3 is 2.40 bits per heavy atom. The summed E-state index contributed by atoms with van der Waals surface area (Å²) < 4.78 is 5.40. The minimum Gasteiger partial charge on any atom is -0.494 e. The monoisotopic (exact) mass is 265 g/mol. The Labute approximate surface area is 120 Å². The van der Waals surface area contributed by atoms with Gasteiger partial charge >= 0.3 is 0 Å². The standard InChI is InChI=1S/C18H19NO/c1-3-5-16-7-11-17(19-14-16)10-6-15-8-12-18(13-9-15)20-4-2/h7-9,11-14H,3-5H2,1-2H3. The van der Waals surface area contributed by atoms with E-state index in [2.05, 4.69) is 29.8 Å². The van der Waals surface area contributed by atoms with E-state index >= 15 is 0 Å². The van der Waals surface area contributed by atoms with E-state index < -0.39 is 0 Å². The molecule has 1 aromatic carbocycles. The highest BCUT2D eigenvalue weighted by Crippen LogP contribution is 2.11. The summed E-state index contributed by atoms with van der Waals surface area (Å²) >= 11 is 0. The van der Waals surface area contributed by atoms with Gasteiger partial charge in [0.2, 0.25) is 0 Å². The summed E-state index contributed by atoms with van der Waals surface area (Å²) in [6.45, 7) is 4.82. The fourth-order valence-corrected chi connectivity index (χ4v) is 1.87. The number of benzene rings is 1. The molecule has 1 heterocycles. The molecule has 0 unspecified atom stereocenters. The lowest BCUT2D eigenvalue weighted by molar-refractivity contribution is 0.340. The van der Waals surface area contributed by atoms with E-state index in [1.54, 1.807) is 0 Å². The number of rotatable bonds is 4.